The van der Waals surface area contributed by atoms with E-state index in [0.29, 0.717) is 21.2 Å². The van der Waals surface area contributed by atoms with E-state index in [1.54, 1.807) is 24.3 Å². The van der Waals surface area contributed by atoms with Crippen molar-refractivity contribution in [3.8, 4) is 5.75 Å². The maximum absolute atomic E-state index is 13.7. The van der Waals surface area contributed by atoms with Gasteiger partial charge in [-0.3, -0.25) is 0 Å². The zero-order valence-corrected chi connectivity index (χ0v) is 11.7. The van der Waals surface area contributed by atoms with E-state index in [0.717, 1.165) is 0 Å². The van der Waals surface area contributed by atoms with Gasteiger partial charge in [0.15, 0.2) is 11.6 Å². The lowest BCUT2D eigenvalue weighted by atomic mass is 9.99. The summed E-state index contributed by atoms with van der Waals surface area (Å²) in [4.78, 5) is 0. The molecular formula is C14H12Cl2FNO. The van der Waals surface area contributed by atoms with Gasteiger partial charge in [0.1, 0.15) is 0 Å². The Kier molecular flexibility index (Phi) is 4.30. The predicted molar refractivity (Wildman–Crippen MR) is 75.4 cm³/mol. The molecule has 100 valence electrons. The van der Waals surface area contributed by atoms with Gasteiger partial charge in [-0.15, -0.1) is 0 Å². The molecule has 0 amide bonds. The molecule has 0 saturated carbocycles. The third-order valence-electron chi connectivity index (χ3n) is 2.83. The summed E-state index contributed by atoms with van der Waals surface area (Å²) in [5.74, 6) is -0.279. The zero-order chi connectivity index (χ0) is 14.0. The third kappa shape index (κ3) is 3.00. The molecule has 1 atom stereocenters. The monoisotopic (exact) mass is 299 g/mol. The van der Waals surface area contributed by atoms with Crippen LogP contribution in [0.2, 0.25) is 10.0 Å². The number of halogens is 3. The summed E-state index contributed by atoms with van der Waals surface area (Å²) < 4.78 is 18.5. The van der Waals surface area contributed by atoms with Crippen molar-refractivity contribution in [2.45, 2.75) is 6.04 Å². The van der Waals surface area contributed by atoms with Gasteiger partial charge in [0.05, 0.1) is 13.2 Å². The Morgan fingerprint density at radius 2 is 1.89 bits per heavy atom. The number of hydrogen-bond acceptors (Lipinski definition) is 2. The summed E-state index contributed by atoms with van der Waals surface area (Å²) >= 11 is 11.9. The highest BCUT2D eigenvalue weighted by atomic mass is 35.5. The van der Waals surface area contributed by atoms with Crippen molar-refractivity contribution in [3.05, 3.63) is 63.4 Å². The van der Waals surface area contributed by atoms with Crippen molar-refractivity contribution in [3.63, 3.8) is 0 Å². The van der Waals surface area contributed by atoms with Crippen LogP contribution in [0.25, 0.3) is 0 Å². The van der Waals surface area contributed by atoms with Gasteiger partial charge >= 0.3 is 0 Å². The van der Waals surface area contributed by atoms with Crippen molar-refractivity contribution >= 4 is 23.2 Å². The zero-order valence-electron chi connectivity index (χ0n) is 10.2. The van der Waals surface area contributed by atoms with Crippen molar-refractivity contribution in [1.29, 1.82) is 0 Å². The molecule has 2 aromatic rings. The van der Waals surface area contributed by atoms with Gasteiger partial charge in [-0.05, 0) is 35.4 Å². The molecule has 2 aromatic carbocycles. The van der Waals surface area contributed by atoms with Crippen LogP contribution >= 0.6 is 23.2 Å². The standard InChI is InChI=1S/C14H12Cl2FNO/c1-19-13-5-2-8(6-12(13)17)14(18)10-4-3-9(15)7-11(10)16/h2-7,14H,18H2,1H3. The van der Waals surface area contributed by atoms with Gasteiger partial charge in [0, 0.05) is 10.0 Å². The van der Waals surface area contributed by atoms with Crippen LogP contribution in [0.15, 0.2) is 36.4 Å². The van der Waals surface area contributed by atoms with E-state index in [-0.39, 0.29) is 5.75 Å². The first-order valence-corrected chi connectivity index (χ1v) is 6.32. The van der Waals surface area contributed by atoms with E-state index >= 15 is 0 Å². The fourth-order valence-corrected chi connectivity index (χ4v) is 2.34. The Morgan fingerprint density at radius 3 is 2.47 bits per heavy atom. The minimum atomic E-state index is -0.523. The lowest BCUT2D eigenvalue weighted by molar-refractivity contribution is 0.386. The Morgan fingerprint density at radius 1 is 1.16 bits per heavy atom. The van der Waals surface area contributed by atoms with E-state index in [9.17, 15) is 4.39 Å². The highest BCUT2D eigenvalue weighted by molar-refractivity contribution is 6.35. The number of hydrogen-bond donors (Lipinski definition) is 1. The number of benzene rings is 2. The summed E-state index contributed by atoms with van der Waals surface area (Å²) in [6.07, 6.45) is 0. The second-order valence-electron chi connectivity index (χ2n) is 4.04. The largest absolute Gasteiger partial charge is 0.494 e. The lowest BCUT2D eigenvalue weighted by Gasteiger charge is -2.15. The topological polar surface area (TPSA) is 35.2 Å². The Labute approximate surface area is 120 Å². The second-order valence-corrected chi connectivity index (χ2v) is 4.88. The van der Waals surface area contributed by atoms with Gasteiger partial charge in [0.25, 0.3) is 0 Å². The molecule has 2 rings (SSSR count). The Hall–Kier alpha value is -1.29. The van der Waals surface area contributed by atoms with Crippen LogP contribution in [0.5, 0.6) is 5.75 Å². The van der Waals surface area contributed by atoms with Gasteiger partial charge in [-0.2, -0.15) is 0 Å². The van der Waals surface area contributed by atoms with Crippen LogP contribution in [0.3, 0.4) is 0 Å². The maximum Gasteiger partial charge on any atom is 0.165 e. The molecule has 19 heavy (non-hydrogen) atoms. The first-order chi connectivity index (χ1) is 9.02. The fourth-order valence-electron chi connectivity index (χ4n) is 1.81. The SMILES string of the molecule is COc1ccc(C(N)c2ccc(Cl)cc2Cl)cc1F. The summed E-state index contributed by atoms with van der Waals surface area (Å²) in [5.41, 5.74) is 7.40. The Balaban J connectivity index is 2.38. The number of nitrogens with two attached hydrogens (primary N) is 1. The minimum Gasteiger partial charge on any atom is -0.494 e. The molecular weight excluding hydrogens is 288 g/mol. The van der Waals surface area contributed by atoms with Gasteiger partial charge < -0.3 is 10.5 Å². The molecule has 5 heteroatoms. The number of ether oxygens (including phenoxy) is 1. The molecule has 0 saturated heterocycles. The summed E-state index contributed by atoms with van der Waals surface area (Å²) in [5, 5.41) is 0.984. The predicted octanol–water partition coefficient (Wildman–Crippen LogP) is 4.19. The summed E-state index contributed by atoms with van der Waals surface area (Å²) in [6, 6.07) is 9.10. The number of methoxy groups -OCH3 is 1. The fraction of sp³-hybridized carbons (Fsp3) is 0.143. The maximum atomic E-state index is 13.7. The third-order valence-corrected chi connectivity index (χ3v) is 3.39. The van der Waals surface area contributed by atoms with E-state index in [1.165, 1.54) is 19.2 Å². The highest BCUT2D eigenvalue weighted by Crippen LogP contribution is 2.30. The smallest absolute Gasteiger partial charge is 0.165 e. The quantitative estimate of drug-likeness (QED) is 0.922. The molecule has 1 unspecified atom stereocenters. The van der Waals surface area contributed by atoms with Crippen molar-refractivity contribution in [2.75, 3.05) is 7.11 Å². The van der Waals surface area contributed by atoms with Crippen LogP contribution < -0.4 is 10.5 Å². The van der Waals surface area contributed by atoms with Crippen molar-refractivity contribution < 1.29 is 9.13 Å². The summed E-state index contributed by atoms with van der Waals surface area (Å²) in [6.45, 7) is 0. The van der Waals surface area contributed by atoms with Gasteiger partial charge in [0.2, 0.25) is 0 Å². The molecule has 0 fully saturated rings. The average molecular weight is 300 g/mol. The minimum absolute atomic E-state index is 0.179. The molecule has 0 aliphatic rings. The van der Waals surface area contributed by atoms with Crippen LogP contribution in [0.4, 0.5) is 4.39 Å². The van der Waals surface area contributed by atoms with Crippen LogP contribution in [0.1, 0.15) is 17.2 Å². The molecule has 0 aliphatic carbocycles. The van der Waals surface area contributed by atoms with E-state index < -0.39 is 11.9 Å². The van der Waals surface area contributed by atoms with Crippen molar-refractivity contribution in [2.24, 2.45) is 5.73 Å². The molecule has 2 nitrogen and oxygen atoms in total. The van der Waals surface area contributed by atoms with E-state index in [1.807, 2.05) is 0 Å². The van der Waals surface area contributed by atoms with Gasteiger partial charge in [-0.1, -0.05) is 35.3 Å². The molecule has 0 heterocycles. The van der Waals surface area contributed by atoms with Crippen LogP contribution in [0, 0.1) is 5.82 Å². The first kappa shape index (κ1) is 14.1. The molecule has 2 N–H and O–H groups in total. The lowest BCUT2D eigenvalue weighted by Crippen LogP contribution is -2.12. The molecule has 0 bridgehead atoms. The highest BCUT2D eigenvalue weighted by Gasteiger charge is 2.15. The summed E-state index contributed by atoms with van der Waals surface area (Å²) in [7, 11) is 1.41. The normalized spacial score (nSPS) is 12.3. The molecule has 0 aliphatic heterocycles. The first-order valence-electron chi connectivity index (χ1n) is 5.57. The van der Waals surface area contributed by atoms with Crippen molar-refractivity contribution in [1.82, 2.24) is 0 Å². The number of rotatable bonds is 3. The molecule has 0 aromatic heterocycles. The Bertz CT molecular complexity index is 604. The average Bonchev–Trinajstić information content (AvgIpc) is 2.38. The van der Waals surface area contributed by atoms with Gasteiger partial charge in [-0.25, -0.2) is 4.39 Å². The molecule has 0 radical (unpaired) electrons. The van der Waals surface area contributed by atoms with Crippen LogP contribution in [-0.2, 0) is 0 Å². The second kappa shape index (κ2) is 5.78. The van der Waals surface area contributed by atoms with Crippen LogP contribution in [-0.4, -0.2) is 7.11 Å². The van der Waals surface area contributed by atoms with E-state index in [4.69, 9.17) is 33.7 Å². The molecule has 0 spiro atoms. The van der Waals surface area contributed by atoms with E-state index in [2.05, 4.69) is 0 Å².